The molecule has 0 atom stereocenters. The Labute approximate surface area is 148 Å². The van der Waals surface area contributed by atoms with Crippen LogP contribution in [-0.4, -0.2) is 27.2 Å². The van der Waals surface area contributed by atoms with Crippen LogP contribution in [-0.2, 0) is 17.6 Å². The molecule has 0 aliphatic heterocycles. The average molecular weight is 347 g/mol. The molecule has 130 valence electrons. The molecule has 0 aliphatic carbocycles. The number of aromatic nitrogens is 3. The van der Waals surface area contributed by atoms with Crippen LogP contribution >= 0.6 is 12.2 Å². The molecule has 1 heterocycles. The van der Waals surface area contributed by atoms with Gasteiger partial charge in [-0.1, -0.05) is 23.8 Å². The van der Waals surface area contributed by atoms with Crippen molar-refractivity contribution in [2.24, 2.45) is 0 Å². The van der Waals surface area contributed by atoms with E-state index < -0.39 is 0 Å². The van der Waals surface area contributed by atoms with E-state index in [1.165, 1.54) is 16.7 Å². The lowest BCUT2D eigenvalue weighted by atomic mass is 10.0. The molecule has 24 heavy (non-hydrogen) atoms. The van der Waals surface area contributed by atoms with Gasteiger partial charge >= 0.3 is 0 Å². The first-order valence-corrected chi connectivity index (χ1v) is 8.78. The zero-order valence-electron chi connectivity index (χ0n) is 14.8. The molecular formula is C18H26N4OS. The molecule has 2 N–H and O–H groups in total. The lowest BCUT2D eigenvalue weighted by molar-refractivity contribution is -0.121. The molecule has 0 radical (unpaired) electrons. The van der Waals surface area contributed by atoms with Crippen molar-refractivity contribution in [1.29, 1.82) is 0 Å². The van der Waals surface area contributed by atoms with Crippen molar-refractivity contribution in [2.45, 2.75) is 53.0 Å². The van der Waals surface area contributed by atoms with Gasteiger partial charge in [0, 0.05) is 25.4 Å². The second-order valence-corrected chi connectivity index (χ2v) is 6.83. The molecule has 1 aromatic carbocycles. The molecule has 0 unspecified atom stereocenters. The summed E-state index contributed by atoms with van der Waals surface area (Å²) >= 11 is 5.23. The largest absolute Gasteiger partial charge is 0.356 e. The lowest BCUT2D eigenvalue weighted by Gasteiger charge is -2.11. The number of amides is 1. The highest BCUT2D eigenvalue weighted by atomic mass is 32.1. The van der Waals surface area contributed by atoms with Crippen molar-refractivity contribution in [3.63, 3.8) is 0 Å². The van der Waals surface area contributed by atoms with Crippen LogP contribution in [0.15, 0.2) is 18.2 Å². The van der Waals surface area contributed by atoms with Crippen molar-refractivity contribution >= 4 is 18.1 Å². The number of aromatic amines is 1. The van der Waals surface area contributed by atoms with Crippen LogP contribution in [0.1, 0.15) is 48.8 Å². The molecule has 2 rings (SSSR count). The summed E-state index contributed by atoms with van der Waals surface area (Å²) in [5, 5.41) is 10.0. The number of rotatable bonds is 7. The Kier molecular flexibility index (Phi) is 6.31. The Morgan fingerprint density at radius 3 is 2.75 bits per heavy atom. The summed E-state index contributed by atoms with van der Waals surface area (Å²) in [4.78, 5) is 12.0. The van der Waals surface area contributed by atoms with Gasteiger partial charge in [-0.05, 0) is 57.5 Å². The Hall–Kier alpha value is -1.95. The zero-order chi connectivity index (χ0) is 17.7. The van der Waals surface area contributed by atoms with Gasteiger partial charge in [0.25, 0.3) is 0 Å². The van der Waals surface area contributed by atoms with Crippen LogP contribution in [0.4, 0.5) is 0 Å². The zero-order valence-corrected chi connectivity index (χ0v) is 15.7. The summed E-state index contributed by atoms with van der Waals surface area (Å²) in [6.07, 6.45) is 1.93. The van der Waals surface area contributed by atoms with Crippen molar-refractivity contribution in [3.05, 3.63) is 45.5 Å². The first-order valence-electron chi connectivity index (χ1n) is 8.37. The van der Waals surface area contributed by atoms with Gasteiger partial charge in [-0.3, -0.25) is 9.89 Å². The van der Waals surface area contributed by atoms with Crippen LogP contribution < -0.4 is 5.32 Å². The molecule has 0 aliphatic rings. The van der Waals surface area contributed by atoms with E-state index in [9.17, 15) is 4.79 Å². The summed E-state index contributed by atoms with van der Waals surface area (Å²) in [6, 6.07) is 6.61. The van der Waals surface area contributed by atoms with Gasteiger partial charge in [-0.25, -0.2) is 0 Å². The summed E-state index contributed by atoms with van der Waals surface area (Å²) in [7, 11) is 0. The SMILES string of the molecule is Cc1ccc(CCC(=O)NCCc2n[nH]c(=S)n2C(C)C)c(C)c1. The van der Waals surface area contributed by atoms with E-state index >= 15 is 0 Å². The minimum Gasteiger partial charge on any atom is -0.356 e. The van der Waals surface area contributed by atoms with E-state index in [2.05, 4.69) is 61.4 Å². The fraction of sp³-hybridized carbons (Fsp3) is 0.500. The number of carbonyl (C=O) groups is 1. The van der Waals surface area contributed by atoms with Crippen molar-refractivity contribution in [1.82, 2.24) is 20.1 Å². The average Bonchev–Trinajstić information content (AvgIpc) is 2.87. The molecule has 0 saturated carbocycles. The van der Waals surface area contributed by atoms with Gasteiger partial charge in [0.15, 0.2) is 4.77 Å². The highest BCUT2D eigenvalue weighted by Crippen LogP contribution is 2.12. The molecular weight excluding hydrogens is 320 g/mol. The smallest absolute Gasteiger partial charge is 0.220 e. The number of nitrogens with one attached hydrogen (secondary N) is 2. The fourth-order valence-electron chi connectivity index (χ4n) is 2.82. The maximum absolute atomic E-state index is 12.0. The molecule has 0 bridgehead atoms. The second-order valence-electron chi connectivity index (χ2n) is 6.44. The molecule has 5 nitrogen and oxygen atoms in total. The molecule has 0 spiro atoms. The van der Waals surface area contributed by atoms with Crippen LogP contribution in [0, 0.1) is 18.6 Å². The first-order chi connectivity index (χ1) is 11.4. The number of benzene rings is 1. The topological polar surface area (TPSA) is 62.7 Å². The number of H-pyrrole nitrogens is 1. The van der Waals surface area contributed by atoms with Crippen LogP contribution in [0.2, 0.25) is 0 Å². The second kappa shape index (κ2) is 8.24. The maximum Gasteiger partial charge on any atom is 0.220 e. The maximum atomic E-state index is 12.0. The van der Waals surface area contributed by atoms with Crippen molar-refractivity contribution in [2.75, 3.05) is 6.54 Å². The lowest BCUT2D eigenvalue weighted by Crippen LogP contribution is -2.27. The predicted octanol–water partition coefficient (Wildman–Crippen LogP) is 3.43. The Balaban J connectivity index is 1.81. The molecule has 6 heteroatoms. The van der Waals surface area contributed by atoms with Gasteiger partial charge < -0.3 is 9.88 Å². The quantitative estimate of drug-likeness (QED) is 0.755. The van der Waals surface area contributed by atoms with Crippen molar-refractivity contribution < 1.29 is 4.79 Å². The van der Waals surface area contributed by atoms with Gasteiger partial charge in [0.1, 0.15) is 5.82 Å². The van der Waals surface area contributed by atoms with E-state index in [1.54, 1.807) is 0 Å². The highest BCUT2D eigenvalue weighted by molar-refractivity contribution is 7.71. The van der Waals surface area contributed by atoms with E-state index in [1.807, 2.05) is 4.57 Å². The standard InChI is InChI=1S/C18H26N4OS/c1-12(2)22-16(20-21-18(22)24)9-10-19-17(23)8-7-15-6-5-13(3)11-14(15)4/h5-6,11-12H,7-10H2,1-4H3,(H,19,23)(H,21,24). The summed E-state index contributed by atoms with van der Waals surface area (Å²) < 4.78 is 2.61. The Morgan fingerprint density at radius 1 is 1.33 bits per heavy atom. The third-order valence-corrected chi connectivity index (χ3v) is 4.37. The summed E-state index contributed by atoms with van der Waals surface area (Å²) in [5.41, 5.74) is 3.73. The molecule has 2 aromatic rings. The number of nitrogens with zero attached hydrogens (tertiary/aromatic N) is 2. The summed E-state index contributed by atoms with van der Waals surface area (Å²) in [5.74, 6) is 0.949. The molecule has 1 amide bonds. The van der Waals surface area contributed by atoms with E-state index in [-0.39, 0.29) is 11.9 Å². The van der Waals surface area contributed by atoms with Crippen LogP contribution in [0.25, 0.3) is 0 Å². The van der Waals surface area contributed by atoms with Gasteiger partial charge in [0.2, 0.25) is 5.91 Å². The number of carbonyl (C=O) groups excluding carboxylic acids is 1. The van der Waals surface area contributed by atoms with Gasteiger partial charge in [0.05, 0.1) is 0 Å². The third-order valence-electron chi connectivity index (χ3n) is 4.08. The van der Waals surface area contributed by atoms with E-state index in [0.29, 0.717) is 24.2 Å². The first kappa shape index (κ1) is 18.4. The van der Waals surface area contributed by atoms with Crippen molar-refractivity contribution in [3.8, 4) is 0 Å². The van der Waals surface area contributed by atoms with Crippen LogP contribution in [0.3, 0.4) is 0 Å². The minimum atomic E-state index is 0.0696. The molecule has 1 aromatic heterocycles. The monoisotopic (exact) mass is 346 g/mol. The molecule has 0 fully saturated rings. The Morgan fingerprint density at radius 2 is 2.08 bits per heavy atom. The Bertz CT molecular complexity index is 761. The summed E-state index contributed by atoms with van der Waals surface area (Å²) in [6.45, 7) is 8.87. The number of hydrogen-bond donors (Lipinski definition) is 2. The number of hydrogen-bond acceptors (Lipinski definition) is 3. The minimum absolute atomic E-state index is 0.0696. The van der Waals surface area contributed by atoms with E-state index in [4.69, 9.17) is 12.2 Å². The normalized spacial score (nSPS) is 11.0. The van der Waals surface area contributed by atoms with Crippen LogP contribution in [0.5, 0.6) is 0 Å². The molecule has 0 saturated heterocycles. The predicted molar refractivity (Wildman–Crippen MR) is 98.7 cm³/mol. The fourth-order valence-corrected chi connectivity index (χ4v) is 3.18. The van der Waals surface area contributed by atoms with Gasteiger partial charge in [-0.2, -0.15) is 5.10 Å². The van der Waals surface area contributed by atoms with E-state index in [0.717, 1.165) is 12.2 Å². The third kappa shape index (κ3) is 4.77. The highest BCUT2D eigenvalue weighted by Gasteiger charge is 2.10. The number of aryl methyl sites for hydroxylation is 3. The van der Waals surface area contributed by atoms with Gasteiger partial charge in [-0.15, -0.1) is 0 Å².